The molecule has 2 aromatic carbocycles. The van der Waals surface area contributed by atoms with E-state index in [0.29, 0.717) is 0 Å². The highest BCUT2D eigenvalue weighted by molar-refractivity contribution is 7.13. The SMILES string of the molecule is N[C@@H](Cc1ccccc1)c1nc2c(C(F)(F)F)cccc2c(O)c1C(=O)Nc1nccs1. The fourth-order valence-corrected chi connectivity index (χ4v) is 3.94. The number of nitrogens with two attached hydrogens (primary N) is 1. The number of thiazole rings is 1. The first-order valence-corrected chi connectivity index (χ1v) is 10.4. The van der Waals surface area contributed by atoms with Crippen molar-refractivity contribution in [3.05, 3.63) is 82.5 Å². The lowest BCUT2D eigenvalue weighted by Crippen LogP contribution is -2.23. The number of amides is 1. The van der Waals surface area contributed by atoms with Gasteiger partial charge in [0.05, 0.1) is 22.8 Å². The molecule has 0 saturated heterocycles. The third-order valence-corrected chi connectivity index (χ3v) is 5.54. The molecule has 164 valence electrons. The highest BCUT2D eigenvalue weighted by atomic mass is 32.1. The summed E-state index contributed by atoms with van der Waals surface area (Å²) >= 11 is 1.15. The number of alkyl halides is 3. The molecule has 0 fully saturated rings. The number of fused-ring (bicyclic) bond motifs is 1. The molecule has 0 aliphatic heterocycles. The fraction of sp³-hybridized carbons (Fsp3) is 0.136. The quantitative estimate of drug-likeness (QED) is 0.395. The van der Waals surface area contributed by atoms with Gasteiger partial charge in [0.25, 0.3) is 5.91 Å². The molecule has 4 aromatic rings. The maximum atomic E-state index is 13.6. The molecule has 0 spiro atoms. The molecule has 4 rings (SSSR count). The van der Waals surface area contributed by atoms with Crippen molar-refractivity contribution < 1.29 is 23.1 Å². The molecule has 0 radical (unpaired) electrons. The van der Waals surface area contributed by atoms with Crippen molar-refractivity contribution in [3.8, 4) is 5.75 Å². The molecule has 0 aliphatic carbocycles. The van der Waals surface area contributed by atoms with Crippen LogP contribution in [0.25, 0.3) is 10.9 Å². The van der Waals surface area contributed by atoms with Crippen molar-refractivity contribution in [2.45, 2.75) is 18.6 Å². The van der Waals surface area contributed by atoms with Crippen LogP contribution < -0.4 is 11.1 Å². The number of nitrogens with one attached hydrogen (secondary N) is 1. The van der Waals surface area contributed by atoms with Gasteiger partial charge in [-0.15, -0.1) is 11.3 Å². The second-order valence-electron chi connectivity index (χ2n) is 7.01. The van der Waals surface area contributed by atoms with Gasteiger partial charge >= 0.3 is 6.18 Å². The van der Waals surface area contributed by atoms with E-state index in [1.54, 1.807) is 29.6 Å². The number of benzene rings is 2. The molecule has 1 amide bonds. The standard InChI is InChI=1S/C22H17F3N4O2S/c23-22(24,25)14-8-4-7-13-17(14)28-18(15(26)11-12-5-2-1-3-6-12)16(19(13)30)20(31)29-21-27-9-10-32-21/h1-10,15H,11,26H2,(H,28,30)(H,27,29,31)/t15-/m0/s1. The van der Waals surface area contributed by atoms with Crippen LogP contribution in [0.4, 0.5) is 18.3 Å². The van der Waals surface area contributed by atoms with Crippen LogP contribution in [0.1, 0.15) is 33.2 Å². The summed E-state index contributed by atoms with van der Waals surface area (Å²) < 4.78 is 40.8. The van der Waals surface area contributed by atoms with Crippen LogP contribution in [0.3, 0.4) is 0 Å². The molecule has 0 bridgehead atoms. The number of anilines is 1. The molecular weight excluding hydrogens is 441 g/mol. The fourth-order valence-electron chi connectivity index (χ4n) is 3.42. The lowest BCUT2D eigenvalue weighted by molar-refractivity contribution is -0.136. The minimum Gasteiger partial charge on any atom is -0.506 e. The summed E-state index contributed by atoms with van der Waals surface area (Å²) in [5.41, 5.74) is 5.20. The highest BCUT2D eigenvalue weighted by Crippen LogP contribution is 2.39. The zero-order valence-electron chi connectivity index (χ0n) is 16.4. The summed E-state index contributed by atoms with van der Waals surface area (Å²) in [6.45, 7) is 0. The summed E-state index contributed by atoms with van der Waals surface area (Å²) in [5, 5.41) is 15.1. The van der Waals surface area contributed by atoms with Gasteiger partial charge in [0.2, 0.25) is 0 Å². The van der Waals surface area contributed by atoms with Crippen LogP contribution in [0.2, 0.25) is 0 Å². The third kappa shape index (κ3) is 4.27. The second kappa shape index (κ2) is 8.56. The molecule has 2 heterocycles. The van der Waals surface area contributed by atoms with Gasteiger partial charge in [-0.2, -0.15) is 13.2 Å². The number of hydrogen-bond donors (Lipinski definition) is 3. The number of hydrogen-bond acceptors (Lipinski definition) is 6. The number of halogens is 3. The molecule has 0 unspecified atom stereocenters. The van der Waals surface area contributed by atoms with Gasteiger partial charge < -0.3 is 10.8 Å². The average molecular weight is 458 g/mol. The third-order valence-electron chi connectivity index (χ3n) is 4.85. The van der Waals surface area contributed by atoms with Crippen molar-refractivity contribution in [2.24, 2.45) is 5.73 Å². The summed E-state index contributed by atoms with van der Waals surface area (Å²) in [6.07, 6.45) is -3.02. The number of pyridine rings is 1. The van der Waals surface area contributed by atoms with Crippen LogP contribution in [-0.2, 0) is 12.6 Å². The van der Waals surface area contributed by atoms with Crippen molar-refractivity contribution in [1.82, 2.24) is 9.97 Å². The van der Waals surface area contributed by atoms with Gasteiger partial charge in [-0.1, -0.05) is 36.4 Å². The van der Waals surface area contributed by atoms with E-state index in [1.807, 2.05) is 6.07 Å². The Labute approximate surface area is 184 Å². The number of carbonyl (C=O) groups is 1. The Morgan fingerprint density at radius 1 is 1.16 bits per heavy atom. The van der Waals surface area contributed by atoms with E-state index in [1.165, 1.54) is 12.3 Å². The van der Waals surface area contributed by atoms with E-state index in [9.17, 15) is 23.1 Å². The van der Waals surface area contributed by atoms with Crippen LogP contribution >= 0.6 is 11.3 Å². The smallest absolute Gasteiger partial charge is 0.418 e. The van der Waals surface area contributed by atoms with Crippen LogP contribution in [-0.4, -0.2) is 21.0 Å². The Hall–Kier alpha value is -3.50. The number of nitrogens with zero attached hydrogens (tertiary/aromatic N) is 2. The minimum atomic E-state index is -4.70. The topological polar surface area (TPSA) is 101 Å². The van der Waals surface area contributed by atoms with Gasteiger partial charge in [0.1, 0.15) is 11.3 Å². The molecule has 4 N–H and O–H groups in total. The molecule has 6 nitrogen and oxygen atoms in total. The monoisotopic (exact) mass is 458 g/mol. The first-order chi connectivity index (χ1) is 15.3. The Balaban J connectivity index is 1.89. The molecule has 32 heavy (non-hydrogen) atoms. The second-order valence-corrected chi connectivity index (χ2v) is 7.90. The molecule has 0 aliphatic rings. The predicted octanol–water partition coefficient (Wildman–Crippen LogP) is 4.91. The minimum absolute atomic E-state index is 0.135. The van der Waals surface area contributed by atoms with Gasteiger partial charge in [-0.25, -0.2) is 9.97 Å². The lowest BCUT2D eigenvalue weighted by atomic mass is 9.96. The molecule has 2 aromatic heterocycles. The van der Waals surface area contributed by atoms with Crippen molar-refractivity contribution in [1.29, 1.82) is 0 Å². The summed E-state index contributed by atoms with van der Waals surface area (Å²) in [7, 11) is 0. The van der Waals surface area contributed by atoms with E-state index < -0.39 is 35.0 Å². The summed E-state index contributed by atoms with van der Waals surface area (Å²) in [4.78, 5) is 21.1. The largest absolute Gasteiger partial charge is 0.506 e. The first-order valence-electron chi connectivity index (χ1n) is 9.49. The zero-order valence-corrected chi connectivity index (χ0v) is 17.2. The summed E-state index contributed by atoms with van der Waals surface area (Å²) in [5.74, 6) is -1.38. The van der Waals surface area contributed by atoms with Crippen LogP contribution in [0, 0.1) is 0 Å². The van der Waals surface area contributed by atoms with E-state index in [0.717, 1.165) is 29.0 Å². The Kier molecular flexibility index (Phi) is 5.81. The Bertz CT molecular complexity index is 1260. The number of aromatic nitrogens is 2. The maximum absolute atomic E-state index is 13.6. The summed E-state index contributed by atoms with van der Waals surface area (Å²) in [6, 6.07) is 11.4. The van der Waals surface area contributed by atoms with E-state index >= 15 is 0 Å². The molecule has 0 saturated carbocycles. The predicted molar refractivity (Wildman–Crippen MR) is 116 cm³/mol. The van der Waals surface area contributed by atoms with Crippen molar-refractivity contribution in [2.75, 3.05) is 5.32 Å². The van der Waals surface area contributed by atoms with E-state index in [-0.39, 0.29) is 28.2 Å². The van der Waals surface area contributed by atoms with Crippen molar-refractivity contribution >= 4 is 33.3 Å². The molecule has 10 heteroatoms. The van der Waals surface area contributed by atoms with Crippen LogP contribution in [0.5, 0.6) is 5.75 Å². The van der Waals surface area contributed by atoms with Gasteiger partial charge in [-0.05, 0) is 24.1 Å². The highest BCUT2D eigenvalue weighted by Gasteiger charge is 2.35. The number of carbonyl (C=O) groups excluding carboxylic acids is 1. The number of para-hydroxylation sites is 1. The zero-order chi connectivity index (χ0) is 22.9. The lowest BCUT2D eigenvalue weighted by Gasteiger charge is -2.19. The Morgan fingerprint density at radius 3 is 2.56 bits per heavy atom. The molecular formula is C22H17F3N4O2S. The van der Waals surface area contributed by atoms with Gasteiger partial charge in [0.15, 0.2) is 5.13 Å². The maximum Gasteiger partial charge on any atom is 0.418 e. The Morgan fingerprint density at radius 2 is 1.91 bits per heavy atom. The molecule has 1 atom stereocenters. The van der Waals surface area contributed by atoms with Gasteiger partial charge in [-0.3, -0.25) is 10.1 Å². The van der Waals surface area contributed by atoms with E-state index in [4.69, 9.17) is 5.73 Å². The average Bonchev–Trinajstić information content (AvgIpc) is 3.26. The number of rotatable bonds is 5. The van der Waals surface area contributed by atoms with Gasteiger partial charge in [0, 0.05) is 17.0 Å². The van der Waals surface area contributed by atoms with Crippen LogP contribution in [0.15, 0.2) is 60.1 Å². The number of aromatic hydroxyl groups is 1. The van der Waals surface area contributed by atoms with E-state index in [2.05, 4.69) is 15.3 Å². The first kappa shape index (κ1) is 21.7. The van der Waals surface area contributed by atoms with Crippen molar-refractivity contribution in [3.63, 3.8) is 0 Å². The normalized spacial score (nSPS) is 12.6.